The first-order chi connectivity index (χ1) is 13.7. The molecule has 0 bridgehead atoms. The topological polar surface area (TPSA) is 50.8 Å². The van der Waals surface area contributed by atoms with Gasteiger partial charge in [-0.05, 0) is 61.3 Å². The Balaban J connectivity index is 1.65. The molecule has 1 unspecified atom stereocenters. The van der Waals surface area contributed by atoms with Crippen LogP contribution in [0.3, 0.4) is 0 Å². The maximum Gasteiger partial charge on any atom is 0.224 e. The first kappa shape index (κ1) is 20.2. The van der Waals surface area contributed by atoms with Crippen LogP contribution >= 0.6 is 0 Å². The predicted molar refractivity (Wildman–Crippen MR) is 111 cm³/mol. The summed E-state index contributed by atoms with van der Waals surface area (Å²) in [7, 11) is 3.31. The molecule has 150 valence electrons. The van der Waals surface area contributed by atoms with E-state index in [4.69, 9.17) is 9.47 Å². The average Bonchev–Trinajstić information content (AvgIpc) is 2.75. The van der Waals surface area contributed by atoms with Crippen molar-refractivity contribution in [2.24, 2.45) is 0 Å². The summed E-state index contributed by atoms with van der Waals surface area (Å²) in [6.07, 6.45) is 4.06. The molecule has 0 saturated carbocycles. The Morgan fingerprint density at radius 2 is 1.71 bits per heavy atom. The highest BCUT2D eigenvalue weighted by atomic mass is 16.5. The van der Waals surface area contributed by atoms with Crippen molar-refractivity contribution in [2.45, 2.75) is 31.7 Å². The van der Waals surface area contributed by atoms with Crippen LogP contribution < -0.4 is 14.8 Å². The van der Waals surface area contributed by atoms with Gasteiger partial charge < -0.3 is 14.8 Å². The first-order valence-corrected chi connectivity index (χ1v) is 9.97. The zero-order chi connectivity index (χ0) is 19.8. The highest BCUT2D eigenvalue weighted by Gasteiger charge is 2.23. The molecule has 0 aliphatic carbocycles. The van der Waals surface area contributed by atoms with E-state index in [0.717, 1.165) is 30.2 Å². The summed E-state index contributed by atoms with van der Waals surface area (Å²) in [6.45, 7) is 2.75. The van der Waals surface area contributed by atoms with Crippen LogP contribution in [0.25, 0.3) is 0 Å². The summed E-state index contributed by atoms with van der Waals surface area (Å²) >= 11 is 0. The van der Waals surface area contributed by atoms with Gasteiger partial charge in [0, 0.05) is 6.54 Å². The number of piperidine rings is 1. The lowest BCUT2D eigenvalue weighted by atomic mass is 10.0. The van der Waals surface area contributed by atoms with E-state index in [0.29, 0.717) is 13.0 Å². The monoisotopic (exact) mass is 382 g/mol. The summed E-state index contributed by atoms with van der Waals surface area (Å²) < 4.78 is 10.5. The third-order valence-corrected chi connectivity index (χ3v) is 5.32. The first-order valence-electron chi connectivity index (χ1n) is 9.97. The largest absolute Gasteiger partial charge is 0.497 e. The standard InChI is InChI=1S/C23H30N2O3/c1-27-20-11-9-19(10-12-20)22(25-13-4-3-5-14-25)17-24-23(26)16-18-7-6-8-21(15-18)28-2/h6-12,15,22H,3-5,13-14,16-17H2,1-2H3,(H,24,26). The van der Waals surface area contributed by atoms with Crippen LogP contribution in [0, 0.1) is 0 Å². The third kappa shape index (κ3) is 5.49. The number of likely N-dealkylation sites (tertiary alicyclic amines) is 1. The van der Waals surface area contributed by atoms with Gasteiger partial charge in [0.15, 0.2) is 0 Å². The van der Waals surface area contributed by atoms with Crippen LogP contribution in [0.15, 0.2) is 48.5 Å². The molecule has 5 nitrogen and oxygen atoms in total. The van der Waals surface area contributed by atoms with Crippen LogP contribution in [-0.4, -0.2) is 44.7 Å². The summed E-state index contributed by atoms with van der Waals surface area (Å²) in [5.41, 5.74) is 2.17. The van der Waals surface area contributed by atoms with Gasteiger partial charge >= 0.3 is 0 Å². The minimum Gasteiger partial charge on any atom is -0.497 e. The van der Waals surface area contributed by atoms with Gasteiger partial charge in [0.25, 0.3) is 0 Å². The maximum absolute atomic E-state index is 12.5. The lowest BCUT2D eigenvalue weighted by Crippen LogP contribution is -2.41. The van der Waals surface area contributed by atoms with Crippen LogP contribution in [-0.2, 0) is 11.2 Å². The quantitative estimate of drug-likeness (QED) is 0.758. The highest BCUT2D eigenvalue weighted by Crippen LogP contribution is 2.26. The lowest BCUT2D eigenvalue weighted by Gasteiger charge is -2.35. The number of benzene rings is 2. The fourth-order valence-corrected chi connectivity index (χ4v) is 3.75. The molecule has 1 amide bonds. The van der Waals surface area contributed by atoms with Crippen LogP contribution in [0.1, 0.15) is 36.4 Å². The average molecular weight is 383 g/mol. The summed E-state index contributed by atoms with van der Waals surface area (Å²) in [5, 5.41) is 3.14. The molecule has 0 spiro atoms. The van der Waals surface area contributed by atoms with Crippen LogP contribution in [0.4, 0.5) is 0 Å². The number of carbonyl (C=O) groups is 1. The second-order valence-corrected chi connectivity index (χ2v) is 7.22. The second-order valence-electron chi connectivity index (χ2n) is 7.22. The number of ether oxygens (including phenoxy) is 2. The minimum atomic E-state index is 0.0313. The summed E-state index contributed by atoms with van der Waals surface area (Å²) in [4.78, 5) is 15.0. The van der Waals surface area contributed by atoms with Gasteiger partial charge in [-0.25, -0.2) is 0 Å². The van der Waals surface area contributed by atoms with Crippen LogP contribution in [0.2, 0.25) is 0 Å². The number of nitrogens with one attached hydrogen (secondary N) is 1. The van der Waals surface area contributed by atoms with E-state index in [1.165, 1.54) is 24.8 Å². The molecule has 1 fully saturated rings. The summed E-state index contributed by atoms with van der Waals surface area (Å²) in [6, 6.07) is 16.0. The number of nitrogens with zero attached hydrogens (tertiary/aromatic N) is 1. The molecule has 3 rings (SSSR count). The van der Waals surface area contributed by atoms with Gasteiger partial charge in [-0.1, -0.05) is 30.7 Å². The van der Waals surface area contributed by atoms with Crippen molar-refractivity contribution < 1.29 is 14.3 Å². The maximum atomic E-state index is 12.5. The number of methoxy groups -OCH3 is 2. The predicted octanol–water partition coefficient (Wildman–Crippen LogP) is 3.59. The van der Waals surface area contributed by atoms with Gasteiger partial charge in [0.05, 0.1) is 26.7 Å². The van der Waals surface area contributed by atoms with Crippen molar-refractivity contribution in [3.05, 3.63) is 59.7 Å². The molecule has 2 aromatic carbocycles. The SMILES string of the molecule is COc1ccc(C(CNC(=O)Cc2cccc(OC)c2)N2CCCCC2)cc1. The van der Waals surface area contributed by atoms with Gasteiger partial charge in [-0.2, -0.15) is 0 Å². The molecular formula is C23H30N2O3. The Morgan fingerprint density at radius 3 is 2.39 bits per heavy atom. The molecule has 5 heteroatoms. The molecule has 1 atom stereocenters. The fourth-order valence-electron chi connectivity index (χ4n) is 3.75. The fraction of sp³-hybridized carbons (Fsp3) is 0.435. The number of hydrogen-bond acceptors (Lipinski definition) is 4. The summed E-state index contributed by atoms with van der Waals surface area (Å²) in [5.74, 6) is 1.65. The molecular weight excluding hydrogens is 352 g/mol. The molecule has 1 aliphatic heterocycles. The smallest absolute Gasteiger partial charge is 0.224 e. The van der Waals surface area contributed by atoms with E-state index in [2.05, 4.69) is 22.3 Å². The molecule has 0 aromatic heterocycles. The zero-order valence-corrected chi connectivity index (χ0v) is 16.8. The van der Waals surface area contributed by atoms with Gasteiger partial charge in [0.1, 0.15) is 11.5 Å². The van der Waals surface area contributed by atoms with Crippen molar-refractivity contribution in [1.29, 1.82) is 0 Å². The Kier molecular flexibility index (Phi) is 7.31. The van der Waals surface area contributed by atoms with Crippen molar-refractivity contribution in [2.75, 3.05) is 33.9 Å². The molecule has 1 aliphatic rings. The van der Waals surface area contributed by atoms with Crippen molar-refractivity contribution in [3.8, 4) is 11.5 Å². The Labute approximate surface area is 167 Å². The van der Waals surface area contributed by atoms with E-state index < -0.39 is 0 Å². The molecule has 1 saturated heterocycles. The number of rotatable bonds is 8. The highest BCUT2D eigenvalue weighted by molar-refractivity contribution is 5.78. The number of carbonyl (C=O) groups excluding carboxylic acids is 1. The van der Waals surface area contributed by atoms with E-state index >= 15 is 0 Å². The Hall–Kier alpha value is -2.53. The molecule has 2 aromatic rings. The van der Waals surface area contributed by atoms with Gasteiger partial charge in [-0.15, -0.1) is 0 Å². The third-order valence-electron chi connectivity index (χ3n) is 5.32. The van der Waals surface area contributed by atoms with Gasteiger partial charge in [0.2, 0.25) is 5.91 Å². The van der Waals surface area contributed by atoms with E-state index in [9.17, 15) is 4.79 Å². The normalized spacial score (nSPS) is 15.6. The molecule has 0 radical (unpaired) electrons. The van der Waals surface area contributed by atoms with Crippen molar-refractivity contribution in [3.63, 3.8) is 0 Å². The van der Waals surface area contributed by atoms with Gasteiger partial charge in [-0.3, -0.25) is 9.69 Å². The Morgan fingerprint density at radius 1 is 1.00 bits per heavy atom. The number of amides is 1. The molecule has 1 N–H and O–H groups in total. The van der Waals surface area contributed by atoms with E-state index in [1.54, 1.807) is 14.2 Å². The number of hydrogen-bond donors (Lipinski definition) is 1. The van der Waals surface area contributed by atoms with E-state index in [1.807, 2.05) is 36.4 Å². The van der Waals surface area contributed by atoms with E-state index in [-0.39, 0.29) is 11.9 Å². The second kappa shape index (κ2) is 10.1. The van der Waals surface area contributed by atoms with Crippen LogP contribution in [0.5, 0.6) is 11.5 Å². The molecule has 28 heavy (non-hydrogen) atoms. The van der Waals surface area contributed by atoms with Crippen molar-refractivity contribution in [1.82, 2.24) is 10.2 Å². The van der Waals surface area contributed by atoms with Crippen molar-refractivity contribution >= 4 is 5.91 Å². The zero-order valence-electron chi connectivity index (χ0n) is 16.8. The minimum absolute atomic E-state index is 0.0313. The molecule has 1 heterocycles. The Bertz CT molecular complexity index is 755. The lowest BCUT2D eigenvalue weighted by molar-refractivity contribution is -0.120.